The molecule has 0 atom stereocenters. The van der Waals surface area contributed by atoms with Gasteiger partial charge in [-0.25, -0.2) is 0 Å². The van der Waals surface area contributed by atoms with Crippen molar-refractivity contribution in [3.8, 4) is 17.2 Å². The maximum Gasteiger partial charge on any atom is 0.0912 e. The standard InChI is InChI=1S/C16H14N2/c1-12-10-16(11-13(2)18-12)15-7-5-14(6-8-15)4-3-9-17/h3-8,10-11H,1-2H3/b4-3+. The van der Waals surface area contributed by atoms with Crippen molar-refractivity contribution in [2.45, 2.75) is 13.8 Å². The van der Waals surface area contributed by atoms with E-state index in [0.717, 1.165) is 22.5 Å². The lowest BCUT2D eigenvalue weighted by atomic mass is 10.0. The first-order valence-corrected chi connectivity index (χ1v) is 5.81. The third-order valence-corrected chi connectivity index (χ3v) is 2.68. The Hall–Kier alpha value is -2.40. The lowest BCUT2D eigenvalue weighted by Gasteiger charge is -2.05. The lowest BCUT2D eigenvalue weighted by Crippen LogP contribution is -1.88. The van der Waals surface area contributed by atoms with Crippen molar-refractivity contribution in [3.63, 3.8) is 0 Å². The Morgan fingerprint density at radius 3 is 2.17 bits per heavy atom. The average Bonchev–Trinajstić information content (AvgIpc) is 2.36. The number of nitriles is 1. The van der Waals surface area contributed by atoms with Crippen molar-refractivity contribution < 1.29 is 0 Å². The summed E-state index contributed by atoms with van der Waals surface area (Å²) >= 11 is 0. The summed E-state index contributed by atoms with van der Waals surface area (Å²) in [6.45, 7) is 4.00. The molecule has 2 nitrogen and oxygen atoms in total. The number of rotatable bonds is 2. The van der Waals surface area contributed by atoms with Gasteiger partial charge in [0.25, 0.3) is 0 Å². The van der Waals surface area contributed by atoms with E-state index in [4.69, 9.17) is 5.26 Å². The summed E-state index contributed by atoms with van der Waals surface area (Å²) in [5.41, 5.74) is 5.42. The Morgan fingerprint density at radius 1 is 1.00 bits per heavy atom. The predicted molar refractivity (Wildman–Crippen MR) is 73.8 cm³/mol. The Labute approximate surface area is 107 Å². The van der Waals surface area contributed by atoms with Crippen LogP contribution in [0.3, 0.4) is 0 Å². The normalized spacial score (nSPS) is 10.5. The van der Waals surface area contributed by atoms with Gasteiger partial charge in [-0.15, -0.1) is 0 Å². The van der Waals surface area contributed by atoms with E-state index in [-0.39, 0.29) is 0 Å². The quantitative estimate of drug-likeness (QED) is 0.739. The predicted octanol–water partition coefficient (Wildman–Crippen LogP) is 3.90. The molecule has 0 unspecified atom stereocenters. The highest BCUT2D eigenvalue weighted by molar-refractivity contribution is 5.66. The van der Waals surface area contributed by atoms with Crippen LogP contribution in [0.1, 0.15) is 17.0 Å². The van der Waals surface area contributed by atoms with E-state index in [1.165, 1.54) is 11.6 Å². The van der Waals surface area contributed by atoms with Crippen molar-refractivity contribution in [2.75, 3.05) is 0 Å². The molecule has 18 heavy (non-hydrogen) atoms. The number of hydrogen-bond donors (Lipinski definition) is 0. The third kappa shape index (κ3) is 2.83. The second-order valence-corrected chi connectivity index (χ2v) is 4.22. The molecule has 0 spiro atoms. The van der Waals surface area contributed by atoms with E-state index in [1.54, 1.807) is 6.08 Å². The topological polar surface area (TPSA) is 36.7 Å². The highest BCUT2D eigenvalue weighted by atomic mass is 14.7. The second-order valence-electron chi connectivity index (χ2n) is 4.22. The highest BCUT2D eigenvalue weighted by Gasteiger charge is 2.00. The SMILES string of the molecule is Cc1cc(-c2ccc(/C=C/C#N)cc2)cc(C)n1. The maximum absolute atomic E-state index is 8.48. The molecule has 0 radical (unpaired) electrons. The molecule has 2 aromatic rings. The Bertz CT molecular complexity index is 596. The maximum atomic E-state index is 8.48. The van der Waals surface area contributed by atoms with Crippen LogP contribution in [0.5, 0.6) is 0 Å². The van der Waals surface area contributed by atoms with Crippen molar-refractivity contribution in [3.05, 3.63) is 59.4 Å². The summed E-state index contributed by atoms with van der Waals surface area (Å²) in [7, 11) is 0. The average molecular weight is 234 g/mol. The molecule has 0 aliphatic carbocycles. The molecule has 0 bridgehead atoms. The van der Waals surface area contributed by atoms with Crippen LogP contribution in [0, 0.1) is 25.2 Å². The molecular weight excluding hydrogens is 220 g/mol. The molecular formula is C16H14N2. The zero-order valence-corrected chi connectivity index (χ0v) is 10.5. The van der Waals surface area contributed by atoms with E-state index < -0.39 is 0 Å². The molecule has 2 heteroatoms. The van der Waals surface area contributed by atoms with Gasteiger partial charge in [-0.3, -0.25) is 4.98 Å². The highest BCUT2D eigenvalue weighted by Crippen LogP contribution is 2.21. The summed E-state index contributed by atoms with van der Waals surface area (Å²) in [6, 6.07) is 14.3. The summed E-state index contributed by atoms with van der Waals surface area (Å²) < 4.78 is 0. The van der Waals surface area contributed by atoms with Gasteiger partial charge in [0.05, 0.1) is 6.07 Å². The van der Waals surface area contributed by atoms with Gasteiger partial charge in [-0.05, 0) is 48.7 Å². The van der Waals surface area contributed by atoms with Crippen LogP contribution in [0.2, 0.25) is 0 Å². The lowest BCUT2D eigenvalue weighted by molar-refractivity contribution is 1.12. The van der Waals surface area contributed by atoms with Crippen molar-refractivity contribution >= 4 is 6.08 Å². The summed E-state index contributed by atoms with van der Waals surface area (Å²) in [4.78, 5) is 4.37. The fraction of sp³-hybridized carbons (Fsp3) is 0.125. The van der Waals surface area contributed by atoms with E-state index in [1.807, 2.05) is 32.0 Å². The molecule has 0 N–H and O–H groups in total. The molecule has 1 heterocycles. The molecule has 0 saturated heterocycles. The van der Waals surface area contributed by atoms with Gasteiger partial charge < -0.3 is 0 Å². The number of aromatic nitrogens is 1. The minimum absolute atomic E-state index is 1.03. The molecule has 1 aromatic carbocycles. The van der Waals surface area contributed by atoms with Crippen LogP contribution < -0.4 is 0 Å². The fourth-order valence-electron chi connectivity index (χ4n) is 1.92. The van der Waals surface area contributed by atoms with Crippen LogP contribution in [-0.2, 0) is 0 Å². The number of nitrogens with zero attached hydrogens (tertiary/aromatic N) is 2. The minimum Gasteiger partial charge on any atom is -0.258 e. The van der Waals surface area contributed by atoms with Gasteiger partial charge in [0, 0.05) is 17.5 Å². The van der Waals surface area contributed by atoms with Gasteiger partial charge in [0.15, 0.2) is 0 Å². The van der Waals surface area contributed by atoms with E-state index in [0.29, 0.717) is 0 Å². The van der Waals surface area contributed by atoms with Crippen LogP contribution in [0.25, 0.3) is 17.2 Å². The molecule has 0 aliphatic heterocycles. The molecule has 0 saturated carbocycles. The first-order valence-electron chi connectivity index (χ1n) is 5.81. The Balaban J connectivity index is 2.34. The van der Waals surface area contributed by atoms with Gasteiger partial charge in [0.2, 0.25) is 0 Å². The smallest absolute Gasteiger partial charge is 0.0912 e. The Kier molecular flexibility index (Phi) is 3.54. The van der Waals surface area contributed by atoms with Crippen molar-refractivity contribution in [1.82, 2.24) is 4.98 Å². The summed E-state index contributed by atoms with van der Waals surface area (Å²) in [5, 5.41) is 8.48. The van der Waals surface area contributed by atoms with E-state index in [9.17, 15) is 0 Å². The molecule has 1 aromatic heterocycles. The van der Waals surface area contributed by atoms with E-state index >= 15 is 0 Å². The van der Waals surface area contributed by atoms with Crippen molar-refractivity contribution in [1.29, 1.82) is 5.26 Å². The van der Waals surface area contributed by atoms with Gasteiger partial charge in [-0.1, -0.05) is 24.3 Å². The van der Waals surface area contributed by atoms with Crippen LogP contribution in [-0.4, -0.2) is 4.98 Å². The monoisotopic (exact) mass is 234 g/mol. The number of allylic oxidation sites excluding steroid dienone is 1. The second kappa shape index (κ2) is 5.29. The largest absolute Gasteiger partial charge is 0.258 e. The first kappa shape index (κ1) is 12.1. The van der Waals surface area contributed by atoms with Gasteiger partial charge >= 0.3 is 0 Å². The van der Waals surface area contributed by atoms with Crippen LogP contribution in [0.15, 0.2) is 42.5 Å². The number of benzene rings is 1. The molecule has 2 rings (SSSR count). The number of pyridine rings is 1. The van der Waals surface area contributed by atoms with Crippen LogP contribution in [0.4, 0.5) is 0 Å². The van der Waals surface area contributed by atoms with Gasteiger partial charge in [0.1, 0.15) is 0 Å². The molecule has 0 amide bonds. The first-order chi connectivity index (χ1) is 8.69. The Morgan fingerprint density at radius 2 is 1.61 bits per heavy atom. The summed E-state index contributed by atoms with van der Waals surface area (Å²) in [5.74, 6) is 0. The number of hydrogen-bond acceptors (Lipinski definition) is 2. The van der Waals surface area contributed by atoms with Gasteiger partial charge in [-0.2, -0.15) is 5.26 Å². The van der Waals surface area contributed by atoms with E-state index in [2.05, 4.69) is 29.2 Å². The molecule has 88 valence electrons. The molecule has 0 aliphatic rings. The minimum atomic E-state index is 1.03. The third-order valence-electron chi connectivity index (χ3n) is 2.68. The summed E-state index contributed by atoms with van der Waals surface area (Å²) in [6.07, 6.45) is 3.28. The zero-order chi connectivity index (χ0) is 13.0. The fourth-order valence-corrected chi connectivity index (χ4v) is 1.92. The number of aryl methyl sites for hydroxylation is 2. The van der Waals surface area contributed by atoms with Crippen molar-refractivity contribution in [2.24, 2.45) is 0 Å². The van der Waals surface area contributed by atoms with Crippen LogP contribution >= 0.6 is 0 Å². The molecule has 0 fully saturated rings. The zero-order valence-electron chi connectivity index (χ0n) is 10.5.